The molecule has 1 N–H and O–H groups in total. The van der Waals surface area contributed by atoms with E-state index in [0.29, 0.717) is 18.6 Å². The first-order chi connectivity index (χ1) is 10.0. The topological polar surface area (TPSA) is 79.6 Å². The molecule has 1 spiro atoms. The zero-order valence-electron chi connectivity index (χ0n) is 12.0. The maximum absolute atomic E-state index is 12.7. The second-order valence-electron chi connectivity index (χ2n) is 5.81. The van der Waals surface area contributed by atoms with Crippen LogP contribution in [-0.2, 0) is 16.1 Å². The summed E-state index contributed by atoms with van der Waals surface area (Å²) in [5.74, 6) is 0.434. The number of hydrogen-bond donors (Lipinski definition) is 1. The van der Waals surface area contributed by atoms with Crippen LogP contribution in [0.1, 0.15) is 43.6 Å². The number of carbonyl (C=O) groups is 3. The summed E-state index contributed by atoms with van der Waals surface area (Å²) in [7, 11) is 0. The van der Waals surface area contributed by atoms with Crippen molar-refractivity contribution in [1.29, 1.82) is 0 Å². The fourth-order valence-corrected chi connectivity index (χ4v) is 3.20. The average Bonchev–Trinajstić information content (AvgIpc) is 2.88. The molecule has 0 unspecified atom stereocenters. The lowest BCUT2D eigenvalue weighted by molar-refractivity contribution is -0.154. The standard InChI is InChI=1S/C15H18N2O4/c1-10-5-6-11(21-10)9-17-13(19)15(7-3-2-4-8-15)12(18)16-14(17)20/h5-6H,2-4,7-9H2,1H3,(H,16,18,20). The molecule has 2 heterocycles. The van der Waals surface area contributed by atoms with Crippen molar-refractivity contribution in [3.05, 3.63) is 23.7 Å². The number of carbonyl (C=O) groups excluding carboxylic acids is 3. The molecule has 1 aromatic rings. The lowest BCUT2D eigenvalue weighted by Gasteiger charge is -2.41. The molecule has 3 rings (SSSR count). The maximum atomic E-state index is 12.7. The molecule has 1 aliphatic heterocycles. The highest BCUT2D eigenvalue weighted by Crippen LogP contribution is 2.40. The van der Waals surface area contributed by atoms with Gasteiger partial charge in [0.05, 0.1) is 6.54 Å². The zero-order valence-corrected chi connectivity index (χ0v) is 12.0. The van der Waals surface area contributed by atoms with E-state index < -0.39 is 17.4 Å². The number of furan rings is 1. The second-order valence-corrected chi connectivity index (χ2v) is 5.81. The number of urea groups is 1. The Bertz CT molecular complexity index is 599. The van der Waals surface area contributed by atoms with Gasteiger partial charge >= 0.3 is 6.03 Å². The van der Waals surface area contributed by atoms with Gasteiger partial charge in [0, 0.05) is 0 Å². The largest absolute Gasteiger partial charge is 0.464 e. The van der Waals surface area contributed by atoms with Gasteiger partial charge in [-0.05, 0) is 31.9 Å². The quantitative estimate of drug-likeness (QED) is 0.846. The lowest BCUT2D eigenvalue weighted by Crippen LogP contribution is -2.63. The molecule has 0 atom stereocenters. The monoisotopic (exact) mass is 290 g/mol. The summed E-state index contributed by atoms with van der Waals surface area (Å²) in [6, 6.07) is 2.86. The number of nitrogens with one attached hydrogen (secondary N) is 1. The van der Waals surface area contributed by atoms with E-state index in [2.05, 4.69) is 5.32 Å². The van der Waals surface area contributed by atoms with Crippen molar-refractivity contribution < 1.29 is 18.8 Å². The van der Waals surface area contributed by atoms with E-state index in [1.54, 1.807) is 19.1 Å². The Hall–Kier alpha value is -2.11. The van der Waals surface area contributed by atoms with E-state index >= 15 is 0 Å². The van der Waals surface area contributed by atoms with E-state index in [1.165, 1.54) is 0 Å². The van der Waals surface area contributed by atoms with Crippen molar-refractivity contribution >= 4 is 17.8 Å². The van der Waals surface area contributed by atoms with Gasteiger partial charge in [0.25, 0.3) is 0 Å². The van der Waals surface area contributed by atoms with Gasteiger partial charge in [-0.3, -0.25) is 19.8 Å². The van der Waals surface area contributed by atoms with Crippen LogP contribution in [0.15, 0.2) is 16.5 Å². The number of aryl methyl sites for hydroxylation is 1. The number of amides is 4. The Morgan fingerprint density at radius 1 is 1.19 bits per heavy atom. The van der Waals surface area contributed by atoms with Crippen LogP contribution in [-0.4, -0.2) is 22.7 Å². The summed E-state index contributed by atoms with van der Waals surface area (Å²) in [4.78, 5) is 38.0. The minimum absolute atomic E-state index is 0.0630. The zero-order chi connectivity index (χ0) is 15.0. The number of rotatable bonds is 2. The predicted molar refractivity (Wildman–Crippen MR) is 73.1 cm³/mol. The molecule has 1 aliphatic carbocycles. The van der Waals surface area contributed by atoms with Crippen LogP contribution in [0.25, 0.3) is 0 Å². The van der Waals surface area contributed by atoms with Crippen LogP contribution in [0.4, 0.5) is 4.79 Å². The highest BCUT2D eigenvalue weighted by atomic mass is 16.3. The molecule has 2 aliphatic rings. The van der Waals surface area contributed by atoms with E-state index in [0.717, 1.165) is 29.9 Å². The van der Waals surface area contributed by atoms with Gasteiger partial charge in [-0.15, -0.1) is 0 Å². The maximum Gasteiger partial charge on any atom is 0.331 e. The van der Waals surface area contributed by atoms with Crippen molar-refractivity contribution in [3.8, 4) is 0 Å². The van der Waals surface area contributed by atoms with Crippen LogP contribution in [0.5, 0.6) is 0 Å². The van der Waals surface area contributed by atoms with E-state index in [9.17, 15) is 14.4 Å². The van der Waals surface area contributed by atoms with Gasteiger partial charge in [0.2, 0.25) is 11.8 Å². The summed E-state index contributed by atoms with van der Waals surface area (Å²) >= 11 is 0. The Labute approximate surface area is 122 Å². The molecule has 1 saturated heterocycles. The molecule has 2 fully saturated rings. The Morgan fingerprint density at radius 3 is 2.52 bits per heavy atom. The first-order valence-corrected chi connectivity index (χ1v) is 7.26. The minimum Gasteiger partial charge on any atom is -0.464 e. The van der Waals surface area contributed by atoms with E-state index in [-0.39, 0.29) is 12.5 Å². The van der Waals surface area contributed by atoms with Gasteiger partial charge in [-0.25, -0.2) is 4.79 Å². The lowest BCUT2D eigenvalue weighted by atomic mass is 9.71. The van der Waals surface area contributed by atoms with Crippen molar-refractivity contribution in [3.63, 3.8) is 0 Å². The molecule has 0 aromatic carbocycles. The average molecular weight is 290 g/mol. The number of imide groups is 2. The second kappa shape index (κ2) is 5.02. The molecule has 1 aromatic heterocycles. The summed E-state index contributed by atoms with van der Waals surface area (Å²) in [6.45, 7) is 1.86. The van der Waals surface area contributed by atoms with Gasteiger partial charge in [-0.1, -0.05) is 19.3 Å². The van der Waals surface area contributed by atoms with Gasteiger partial charge in [-0.2, -0.15) is 0 Å². The smallest absolute Gasteiger partial charge is 0.331 e. The van der Waals surface area contributed by atoms with E-state index in [4.69, 9.17) is 4.42 Å². The SMILES string of the molecule is Cc1ccc(CN2C(=O)NC(=O)C3(CCCCC3)C2=O)o1. The fraction of sp³-hybridized carbons (Fsp3) is 0.533. The summed E-state index contributed by atoms with van der Waals surface area (Å²) in [5.41, 5.74) is -1.06. The molecule has 6 nitrogen and oxygen atoms in total. The van der Waals surface area contributed by atoms with Crippen molar-refractivity contribution in [2.45, 2.75) is 45.6 Å². The molecule has 21 heavy (non-hydrogen) atoms. The molecule has 0 radical (unpaired) electrons. The summed E-state index contributed by atoms with van der Waals surface area (Å²) in [5, 5.41) is 2.33. The number of nitrogens with zero attached hydrogens (tertiary/aromatic N) is 1. The third-order valence-electron chi connectivity index (χ3n) is 4.37. The predicted octanol–water partition coefficient (Wildman–Crippen LogP) is 2.12. The van der Waals surface area contributed by atoms with Gasteiger partial charge < -0.3 is 4.42 Å². The molecule has 1 saturated carbocycles. The summed E-state index contributed by atoms with van der Waals surface area (Å²) < 4.78 is 5.43. The third kappa shape index (κ3) is 2.24. The number of barbiturate groups is 1. The van der Waals surface area contributed by atoms with Crippen LogP contribution in [0.3, 0.4) is 0 Å². The molecule has 4 amide bonds. The van der Waals surface area contributed by atoms with Gasteiger partial charge in [0.1, 0.15) is 16.9 Å². The molecule has 0 bridgehead atoms. The van der Waals surface area contributed by atoms with Crippen molar-refractivity contribution in [2.24, 2.45) is 5.41 Å². The Balaban J connectivity index is 1.87. The third-order valence-corrected chi connectivity index (χ3v) is 4.37. The first-order valence-electron chi connectivity index (χ1n) is 7.26. The molecular formula is C15H18N2O4. The first kappa shape index (κ1) is 13.9. The summed E-state index contributed by atoms with van der Waals surface area (Å²) in [6.07, 6.45) is 3.72. The highest BCUT2D eigenvalue weighted by molar-refractivity contribution is 6.19. The molecular weight excluding hydrogens is 272 g/mol. The normalized spacial score (nSPS) is 21.8. The fourth-order valence-electron chi connectivity index (χ4n) is 3.20. The van der Waals surface area contributed by atoms with Crippen LogP contribution < -0.4 is 5.32 Å². The van der Waals surface area contributed by atoms with Crippen LogP contribution in [0.2, 0.25) is 0 Å². The molecule has 112 valence electrons. The van der Waals surface area contributed by atoms with Crippen LogP contribution in [0, 0.1) is 12.3 Å². The van der Waals surface area contributed by atoms with Crippen molar-refractivity contribution in [1.82, 2.24) is 10.2 Å². The molecule has 6 heteroatoms. The van der Waals surface area contributed by atoms with E-state index in [1.807, 2.05) is 0 Å². The highest BCUT2D eigenvalue weighted by Gasteiger charge is 2.53. The Morgan fingerprint density at radius 2 is 1.90 bits per heavy atom. The van der Waals surface area contributed by atoms with Gasteiger partial charge in [0.15, 0.2) is 0 Å². The minimum atomic E-state index is -1.06. The Kier molecular flexibility index (Phi) is 3.31. The van der Waals surface area contributed by atoms with Crippen LogP contribution >= 0.6 is 0 Å². The van der Waals surface area contributed by atoms with Crippen molar-refractivity contribution in [2.75, 3.05) is 0 Å². The number of hydrogen-bond acceptors (Lipinski definition) is 4.